The molecule has 1 aromatic rings. The summed E-state index contributed by atoms with van der Waals surface area (Å²) in [5, 5.41) is 0. The van der Waals surface area contributed by atoms with Crippen LogP contribution in [0.1, 0.15) is 11.7 Å². The fourth-order valence-corrected chi connectivity index (χ4v) is 1.45. The molecule has 0 unspecified atom stereocenters. The van der Waals surface area contributed by atoms with Crippen molar-refractivity contribution in [1.29, 1.82) is 0 Å². The highest BCUT2D eigenvalue weighted by molar-refractivity contribution is 9.10. The zero-order valence-corrected chi connectivity index (χ0v) is 8.53. The molecule has 0 N–H and O–H groups in total. The first kappa shape index (κ1) is 8.94. The van der Waals surface area contributed by atoms with E-state index in [0.717, 1.165) is 10.0 Å². The number of halogens is 1. The molecule has 1 aliphatic heterocycles. The molecular weight excluding hydrogens is 232 g/mol. The Hall–Kier alpha value is -0.640. The standard InChI is InChI=1S/C10H9BrO2/c11-9-5-3-8(4-6-9)10-2-1-7-12-13-10/h1-6,10H,7H2/t10-/m0/s1. The van der Waals surface area contributed by atoms with Gasteiger partial charge in [-0.25, -0.2) is 9.78 Å². The van der Waals surface area contributed by atoms with Gasteiger partial charge < -0.3 is 0 Å². The lowest BCUT2D eigenvalue weighted by Gasteiger charge is -2.16. The summed E-state index contributed by atoms with van der Waals surface area (Å²) >= 11 is 3.38. The van der Waals surface area contributed by atoms with Crippen LogP contribution in [0.4, 0.5) is 0 Å². The summed E-state index contributed by atoms with van der Waals surface area (Å²) in [6.07, 6.45) is 3.88. The van der Waals surface area contributed by atoms with E-state index in [1.165, 1.54) is 0 Å². The van der Waals surface area contributed by atoms with Crippen molar-refractivity contribution >= 4 is 15.9 Å². The Labute approximate surface area is 85.2 Å². The second kappa shape index (κ2) is 4.05. The monoisotopic (exact) mass is 240 g/mol. The van der Waals surface area contributed by atoms with Gasteiger partial charge in [0.25, 0.3) is 0 Å². The van der Waals surface area contributed by atoms with Gasteiger partial charge >= 0.3 is 0 Å². The molecule has 1 atom stereocenters. The van der Waals surface area contributed by atoms with E-state index in [0.29, 0.717) is 6.61 Å². The quantitative estimate of drug-likeness (QED) is 0.555. The van der Waals surface area contributed by atoms with Gasteiger partial charge in [-0.1, -0.05) is 34.1 Å². The molecule has 2 rings (SSSR count). The fraction of sp³-hybridized carbons (Fsp3) is 0.200. The van der Waals surface area contributed by atoms with E-state index in [9.17, 15) is 0 Å². The van der Waals surface area contributed by atoms with E-state index in [1.54, 1.807) is 0 Å². The van der Waals surface area contributed by atoms with Crippen LogP contribution in [-0.2, 0) is 9.78 Å². The van der Waals surface area contributed by atoms with Crippen molar-refractivity contribution in [3.05, 3.63) is 46.5 Å². The summed E-state index contributed by atoms with van der Waals surface area (Å²) in [6.45, 7) is 0.535. The first-order chi connectivity index (χ1) is 6.36. The summed E-state index contributed by atoms with van der Waals surface area (Å²) < 4.78 is 1.07. The molecule has 0 amide bonds. The van der Waals surface area contributed by atoms with Gasteiger partial charge in [-0.15, -0.1) is 0 Å². The average Bonchev–Trinajstić information content (AvgIpc) is 2.20. The Kier molecular flexibility index (Phi) is 2.78. The van der Waals surface area contributed by atoms with Crippen molar-refractivity contribution in [3.63, 3.8) is 0 Å². The first-order valence-electron chi connectivity index (χ1n) is 4.06. The lowest BCUT2D eigenvalue weighted by molar-refractivity contribution is -0.315. The van der Waals surface area contributed by atoms with Gasteiger partial charge in [0.2, 0.25) is 0 Å². The second-order valence-corrected chi connectivity index (χ2v) is 3.70. The summed E-state index contributed by atoms with van der Waals surface area (Å²) in [6, 6.07) is 7.99. The Balaban J connectivity index is 2.19. The minimum absolute atomic E-state index is 0.0677. The normalized spacial score (nSPS) is 21.8. The third kappa shape index (κ3) is 2.18. The molecule has 0 aromatic heterocycles. The molecule has 0 bridgehead atoms. The largest absolute Gasteiger partial charge is 0.232 e. The molecule has 2 nitrogen and oxygen atoms in total. The zero-order chi connectivity index (χ0) is 9.10. The minimum atomic E-state index is -0.0677. The molecule has 0 fully saturated rings. The summed E-state index contributed by atoms with van der Waals surface area (Å²) in [4.78, 5) is 9.97. The smallest absolute Gasteiger partial charge is 0.136 e. The molecule has 1 aliphatic rings. The highest BCUT2D eigenvalue weighted by atomic mass is 79.9. The van der Waals surface area contributed by atoms with Gasteiger partial charge in [-0.05, 0) is 23.8 Å². The van der Waals surface area contributed by atoms with Crippen LogP contribution in [0.25, 0.3) is 0 Å². The van der Waals surface area contributed by atoms with Crippen LogP contribution >= 0.6 is 15.9 Å². The third-order valence-electron chi connectivity index (χ3n) is 1.85. The van der Waals surface area contributed by atoms with E-state index in [4.69, 9.17) is 9.78 Å². The Bertz CT molecular complexity index is 305. The summed E-state index contributed by atoms with van der Waals surface area (Å²) in [5.74, 6) is 0. The molecule has 0 radical (unpaired) electrons. The van der Waals surface area contributed by atoms with Crippen molar-refractivity contribution in [2.45, 2.75) is 6.10 Å². The number of hydrogen-bond acceptors (Lipinski definition) is 2. The minimum Gasteiger partial charge on any atom is -0.232 e. The van der Waals surface area contributed by atoms with E-state index in [-0.39, 0.29) is 6.10 Å². The molecule has 0 saturated carbocycles. The van der Waals surface area contributed by atoms with Gasteiger partial charge in [-0.3, -0.25) is 0 Å². The van der Waals surface area contributed by atoms with E-state index in [2.05, 4.69) is 15.9 Å². The SMILES string of the molecule is Brc1ccc([C@@H]2C=CCOO2)cc1. The first-order valence-corrected chi connectivity index (χ1v) is 4.86. The van der Waals surface area contributed by atoms with E-state index >= 15 is 0 Å². The van der Waals surface area contributed by atoms with Crippen LogP contribution in [0.15, 0.2) is 40.9 Å². The van der Waals surface area contributed by atoms with Crippen molar-refractivity contribution in [1.82, 2.24) is 0 Å². The highest BCUT2D eigenvalue weighted by Gasteiger charge is 2.11. The zero-order valence-electron chi connectivity index (χ0n) is 6.94. The Morgan fingerprint density at radius 3 is 2.62 bits per heavy atom. The van der Waals surface area contributed by atoms with Crippen molar-refractivity contribution in [2.24, 2.45) is 0 Å². The van der Waals surface area contributed by atoms with Gasteiger partial charge in [0.05, 0.1) is 0 Å². The summed E-state index contributed by atoms with van der Waals surface area (Å²) in [7, 11) is 0. The van der Waals surface area contributed by atoms with E-state index < -0.39 is 0 Å². The second-order valence-electron chi connectivity index (χ2n) is 2.78. The van der Waals surface area contributed by atoms with Crippen LogP contribution in [0.2, 0.25) is 0 Å². The number of hydrogen-bond donors (Lipinski definition) is 0. The molecular formula is C10H9BrO2. The van der Waals surface area contributed by atoms with Crippen LogP contribution < -0.4 is 0 Å². The van der Waals surface area contributed by atoms with Gasteiger partial charge in [0, 0.05) is 4.47 Å². The highest BCUT2D eigenvalue weighted by Crippen LogP contribution is 2.23. The van der Waals surface area contributed by atoms with Gasteiger partial charge in [0.15, 0.2) is 0 Å². The maximum absolute atomic E-state index is 5.10. The molecule has 13 heavy (non-hydrogen) atoms. The Morgan fingerprint density at radius 1 is 1.23 bits per heavy atom. The van der Waals surface area contributed by atoms with Gasteiger partial charge in [0.1, 0.15) is 12.7 Å². The molecule has 68 valence electrons. The summed E-state index contributed by atoms with van der Waals surface area (Å²) in [5.41, 5.74) is 1.10. The molecule has 0 aliphatic carbocycles. The predicted molar refractivity (Wildman–Crippen MR) is 53.1 cm³/mol. The molecule has 0 saturated heterocycles. The average molecular weight is 241 g/mol. The van der Waals surface area contributed by atoms with Crippen LogP contribution in [0.3, 0.4) is 0 Å². The molecule has 0 spiro atoms. The van der Waals surface area contributed by atoms with Crippen LogP contribution in [0.5, 0.6) is 0 Å². The lowest BCUT2D eigenvalue weighted by Crippen LogP contribution is -2.07. The molecule has 1 aromatic carbocycles. The van der Waals surface area contributed by atoms with Crippen molar-refractivity contribution in [3.8, 4) is 0 Å². The van der Waals surface area contributed by atoms with Crippen LogP contribution in [0, 0.1) is 0 Å². The maximum Gasteiger partial charge on any atom is 0.136 e. The predicted octanol–water partition coefficient (Wildman–Crippen LogP) is 3.01. The molecule has 1 heterocycles. The van der Waals surface area contributed by atoms with Crippen LogP contribution in [-0.4, -0.2) is 6.61 Å². The number of benzene rings is 1. The van der Waals surface area contributed by atoms with Gasteiger partial charge in [-0.2, -0.15) is 0 Å². The lowest BCUT2D eigenvalue weighted by atomic mass is 10.1. The maximum atomic E-state index is 5.10. The number of rotatable bonds is 1. The van der Waals surface area contributed by atoms with Crippen molar-refractivity contribution < 1.29 is 9.78 Å². The third-order valence-corrected chi connectivity index (χ3v) is 2.37. The topological polar surface area (TPSA) is 18.5 Å². The fourth-order valence-electron chi connectivity index (χ4n) is 1.18. The Morgan fingerprint density at radius 2 is 2.00 bits per heavy atom. The van der Waals surface area contributed by atoms with E-state index in [1.807, 2.05) is 36.4 Å². The molecule has 3 heteroatoms. The van der Waals surface area contributed by atoms with Crippen molar-refractivity contribution in [2.75, 3.05) is 6.61 Å².